The highest BCUT2D eigenvalue weighted by atomic mass is 32.2. The summed E-state index contributed by atoms with van der Waals surface area (Å²) in [6.45, 7) is 7.26. The van der Waals surface area contributed by atoms with Crippen molar-refractivity contribution in [3.8, 4) is 0 Å². The van der Waals surface area contributed by atoms with E-state index in [2.05, 4.69) is 46.8 Å². The number of rotatable bonds is 9. The van der Waals surface area contributed by atoms with Crippen molar-refractivity contribution in [1.82, 2.24) is 10.6 Å². The number of hydrogen-bond acceptors (Lipinski definition) is 3. The van der Waals surface area contributed by atoms with Crippen molar-refractivity contribution >= 4 is 17.7 Å². The fraction of sp³-hybridized carbons (Fsp3) is 0.562. The molecule has 1 rings (SSSR count). The second kappa shape index (κ2) is 11.5. The predicted molar refractivity (Wildman–Crippen MR) is 93.2 cm³/mol. The van der Waals surface area contributed by atoms with E-state index >= 15 is 0 Å². The molecule has 0 fully saturated rings. The number of thioether (sulfide) groups is 1. The Bertz CT molecular complexity index is 406. The van der Waals surface area contributed by atoms with Crippen LogP contribution in [0.3, 0.4) is 0 Å². The average molecular weight is 309 g/mol. The highest BCUT2D eigenvalue weighted by molar-refractivity contribution is 7.98. The number of aryl methyl sites for hydroxylation is 1. The van der Waals surface area contributed by atoms with Gasteiger partial charge >= 0.3 is 0 Å². The van der Waals surface area contributed by atoms with E-state index in [1.807, 2.05) is 18.7 Å². The maximum absolute atomic E-state index is 5.28. The molecule has 1 aromatic rings. The predicted octanol–water partition coefficient (Wildman–Crippen LogP) is 2.43. The third kappa shape index (κ3) is 8.63. The normalized spacial score (nSPS) is 11.5. The summed E-state index contributed by atoms with van der Waals surface area (Å²) in [6.07, 6.45) is 0. The van der Waals surface area contributed by atoms with Crippen LogP contribution in [-0.2, 0) is 10.5 Å². The Morgan fingerprint density at radius 3 is 2.57 bits per heavy atom. The van der Waals surface area contributed by atoms with Crippen LogP contribution in [0.25, 0.3) is 0 Å². The minimum Gasteiger partial charge on any atom is -0.380 e. The maximum atomic E-state index is 5.28. The van der Waals surface area contributed by atoms with Crippen LogP contribution in [0.4, 0.5) is 0 Å². The number of hydrogen-bond donors (Lipinski definition) is 2. The van der Waals surface area contributed by atoms with Gasteiger partial charge in [0.1, 0.15) is 0 Å². The Labute approximate surface area is 132 Å². The van der Waals surface area contributed by atoms with Crippen molar-refractivity contribution in [2.45, 2.75) is 19.6 Å². The largest absolute Gasteiger partial charge is 0.380 e. The van der Waals surface area contributed by atoms with E-state index in [4.69, 9.17) is 4.74 Å². The molecule has 4 nitrogen and oxygen atoms in total. The summed E-state index contributed by atoms with van der Waals surface area (Å²) in [4.78, 5) is 4.18. The zero-order chi connectivity index (χ0) is 15.3. The van der Waals surface area contributed by atoms with Crippen molar-refractivity contribution < 1.29 is 4.74 Å². The molecule has 0 spiro atoms. The van der Waals surface area contributed by atoms with E-state index in [0.29, 0.717) is 6.61 Å². The Balaban J connectivity index is 2.07. The van der Waals surface area contributed by atoms with E-state index in [1.54, 1.807) is 7.05 Å². The second-order valence-corrected chi connectivity index (χ2v) is 5.77. The molecule has 118 valence electrons. The molecule has 5 heteroatoms. The molecule has 2 N–H and O–H groups in total. The Kier molecular flexibility index (Phi) is 9.74. The zero-order valence-corrected chi connectivity index (χ0v) is 14.1. The van der Waals surface area contributed by atoms with Crippen molar-refractivity contribution in [2.24, 2.45) is 4.99 Å². The van der Waals surface area contributed by atoms with Crippen LogP contribution >= 0.6 is 11.8 Å². The minimum atomic E-state index is 0.708. The highest BCUT2D eigenvalue weighted by Gasteiger charge is 1.97. The van der Waals surface area contributed by atoms with Gasteiger partial charge in [-0.3, -0.25) is 4.99 Å². The van der Waals surface area contributed by atoms with Crippen LogP contribution in [0.2, 0.25) is 0 Å². The lowest BCUT2D eigenvalue weighted by Gasteiger charge is -2.11. The number of guanidine groups is 1. The van der Waals surface area contributed by atoms with Gasteiger partial charge in [-0.1, -0.05) is 29.8 Å². The van der Waals surface area contributed by atoms with E-state index in [9.17, 15) is 0 Å². The summed E-state index contributed by atoms with van der Waals surface area (Å²) in [5, 5.41) is 6.53. The molecule has 0 heterocycles. The fourth-order valence-electron chi connectivity index (χ4n) is 1.72. The third-order valence-electron chi connectivity index (χ3n) is 2.89. The lowest BCUT2D eigenvalue weighted by molar-refractivity contribution is 0.152. The molecule has 0 radical (unpaired) electrons. The highest BCUT2D eigenvalue weighted by Crippen LogP contribution is 2.12. The molecular weight excluding hydrogens is 282 g/mol. The van der Waals surface area contributed by atoms with Crippen molar-refractivity contribution in [1.29, 1.82) is 0 Å². The zero-order valence-electron chi connectivity index (χ0n) is 13.3. The molecule has 0 atom stereocenters. The molecule has 0 unspecified atom stereocenters. The monoisotopic (exact) mass is 309 g/mol. The average Bonchev–Trinajstić information content (AvgIpc) is 2.51. The lowest BCUT2D eigenvalue weighted by Crippen LogP contribution is -2.39. The van der Waals surface area contributed by atoms with Crippen LogP contribution < -0.4 is 10.6 Å². The van der Waals surface area contributed by atoms with E-state index < -0.39 is 0 Å². The fourth-order valence-corrected chi connectivity index (χ4v) is 2.54. The minimum absolute atomic E-state index is 0.708. The third-order valence-corrected chi connectivity index (χ3v) is 3.93. The van der Waals surface area contributed by atoms with Crippen molar-refractivity contribution in [3.63, 3.8) is 0 Å². The SMILES string of the molecule is CCOCCNC(=NC)NCCSCc1ccc(C)cc1. The van der Waals surface area contributed by atoms with Crippen LogP contribution in [0, 0.1) is 6.92 Å². The van der Waals surface area contributed by atoms with Gasteiger partial charge in [-0.15, -0.1) is 0 Å². The molecule has 0 aromatic heterocycles. The van der Waals surface area contributed by atoms with Crippen molar-refractivity contribution in [3.05, 3.63) is 35.4 Å². The molecule has 1 aromatic carbocycles. The summed E-state index contributed by atoms with van der Waals surface area (Å²) in [5.74, 6) is 2.95. The van der Waals surface area contributed by atoms with Gasteiger partial charge in [-0.25, -0.2) is 0 Å². The Morgan fingerprint density at radius 2 is 1.90 bits per heavy atom. The van der Waals surface area contributed by atoms with Crippen molar-refractivity contribution in [2.75, 3.05) is 39.1 Å². The number of benzene rings is 1. The van der Waals surface area contributed by atoms with Gasteiger partial charge in [0, 0.05) is 38.2 Å². The quantitative estimate of drug-likeness (QED) is 0.418. The van der Waals surface area contributed by atoms with Gasteiger partial charge in [-0.2, -0.15) is 11.8 Å². The summed E-state index contributed by atoms with van der Waals surface area (Å²) in [5.41, 5.74) is 2.69. The molecule has 0 aliphatic heterocycles. The molecule has 0 saturated heterocycles. The Morgan fingerprint density at radius 1 is 1.19 bits per heavy atom. The topological polar surface area (TPSA) is 45.6 Å². The molecular formula is C16H27N3OS. The first-order valence-corrected chi connectivity index (χ1v) is 8.57. The molecule has 0 aliphatic carbocycles. The maximum Gasteiger partial charge on any atom is 0.191 e. The molecule has 0 bridgehead atoms. The van der Waals surface area contributed by atoms with Gasteiger partial charge in [0.2, 0.25) is 0 Å². The van der Waals surface area contributed by atoms with Crippen LogP contribution in [0.15, 0.2) is 29.3 Å². The lowest BCUT2D eigenvalue weighted by atomic mass is 10.2. The summed E-state index contributed by atoms with van der Waals surface area (Å²) >= 11 is 1.93. The van der Waals surface area contributed by atoms with E-state index in [0.717, 1.165) is 37.2 Å². The van der Waals surface area contributed by atoms with Crippen LogP contribution in [0.5, 0.6) is 0 Å². The van der Waals surface area contributed by atoms with Crippen LogP contribution in [-0.4, -0.2) is 45.1 Å². The number of aliphatic imine (C=N–C) groups is 1. The smallest absolute Gasteiger partial charge is 0.191 e. The Hall–Kier alpha value is -1.20. The second-order valence-electron chi connectivity index (χ2n) is 4.66. The molecule has 0 saturated carbocycles. The molecule has 0 aliphatic rings. The number of ether oxygens (including phenoxy) is 1. The number of nitrogens with one attached hydrogen (secondary N) is 2. The van der Waals surface area contributed by atoms with Gasteiger partial charge < -0.3 is 15.4 Å². The van der Waals surface area contributed by atoms with Gasteiger partial charge in [0.15, 0.2) is 5.96 Å². The first-order valence-electron chi connectivity index (χ1n) is 7.41. The number of nitrogens with zero attached hydrogens (tertiary/aromatic N) is 1. The van der Waals surface area contributed by atoms with Gasteiger partial charge in [-0.05, 0) is 19.4 Å². The standard InChI is InChI=1S/C16H27N3OS/c1-4-20-11-9-18-16(17-3)19-10-12-21-13-15-7-5-14(2)6-8-15/h5-8H,4,9-13H2,1-3H3,(H2,17,18,19). The summed E-state index contributed by atoms with van der Waals surface area (Å²) in [6, 6.07) is 8.73. The van der Waals surface area contributed by atoms with E-state index in [-0.39, 0.29) is 0 Å². The molecule has 21 heavy (non-hydrogen) atoms. The first-order chi connectivity index (χ1) is 10.3. The first kappa shape index (κ1) is 17.9. The van der Waals surface area contributed by atoms with Gasteiger partial charge in [0.05, 0.1) is 6.61 Å². The summed E-state index contributed by atoms with van der Waals surface area (Å²) in [7, 11) is 1.79. The van der Waals surface area contributed by atoms with E-state index in [1.165, 1.54) is 11.1 Å². The molecule has 0 amide bonds. The van der Waals surface area contributed by atoms with Gasteiger partial charge in [0.25, 0.3) is 0 Å². The summed E-state index contributed by atoms with van der Waals surface area (Å²) < 4.78 is 5.28. The van der Waals surface area contributed by atoms with Crippen LogP contribution in [0.1, 0.15) is 18.1 Å².